The van der Waals surface area contributed by atoms with Crippen LogP contribution in [0, 0.1) is 0 Å². The normalized spacial score (nSPS) is 12.7. The first-order valence-electron chi connectivity index (χ1n) is 4.43. The molecular weight excluding hydrogens is 232 g/mol. The van der Waals surface area contributed by atoms with Gasteiger partial charge in [-0.15, -0.1) is 11.3 Å². The Morgan fingerprint density at radius 3 is 2.87 bits per heavy atom. The van der Waals surface area contributed by atoms with Gasteiger partial charge in [-0.1, -0.05) is 11.6 Å². The molecule has 78 valence electrons. The number of pyridine rings is 1. The molecule has 2 aromatic heterocycles. The van der Waals surface area contributed by atoms with Crippen molar-refractivity contribution in [1.29, 1.82) is 0 Å². The standard InChI is InChI=1S/C10H9ClN2OS/c1-6(14)8-9(11)13-10(15-8)7-3-2-4-12-5-7/h2-6,14H,1H3. The van der Waals surface area contributed by atoms with E-state index in [0.29, 0.717) is 10.0 Å². The van der Waals surface area contributed by atoms with Gasteiger partial charge >= 0.3 is 0 Å². The summed E-state index contributed by atoms with van der Waals surface area (Å²) in [6, 6.07) is 3.75. The number of hydrogen-bond acceptors (Lipinski definition) is 4. The first-order valence-corrected chi connectivity index (χ1v) is 5.62. The molecule has 3 nitrogen and oxygen atoms in total. The fraction of sp³-hybridized carbons (Fsp3) is 0.200. The van der Waals surface area contributed by atoms with Crippen LogP contribution in [0.1, 0.15) is 17.9 Å². The van der Waals surface area contributed by atoms with Gasteiger partial charge in [0.05, 0.1) is 11.0 Å². The summed E-state index contributed by atoms with van der Waals surface area (Å²) in [5.74, 6) is 0. The number of rotatable bonds is 2. The van der Waals surface area contributed by atoms with Crippen LogP contribution in [0.4, 0.5) is 0 Å². The average Bonchev–Trinajstić information content (AvgIpc) is 2.62. The van der Waals surface area contributed by atoms with E-state index in [1.807, 2.05) is 12.1 Å². The monoisotopic (exact) mass is 240 g/mol. The minimum absolute atomic E-state index is 0.369. The zero-order valence-corrected chi connectivity index (χ0v) is 9.59. The molecule has 1 N–H and O–H groups in total. The van der Waals surface area contributed by atoms with Crippen molar-refractivity contribution in [2.24, 2.45) is 0 Å². The van der Waals surface area contributed by atoms with E-state index in [0.717, 1.165) is 10.6 Å². The van der Waals surface area contributed by atoms with Crippen LogP contribution in [0.5, 0.6) is 0 Å². The number of nitrogens with zero attached hydrogens (tertiary/aromatic N) is 2. The van der Waals surface area contributed by atoms with Crippen molar-refractivity contribution in [3.05, 3.63) is 34.6 Å². The summed E-state index contributed by atoms with van der Waals surface area (Å²) in [6.07, 6.45) is 2.84. The van der Waals surface area contributed by atoms with Gasteiger partial charge in [-0.05, 0) is 19.1 Å². The molecule has 15 heavy (non-hydrogen) atoms. The molecule has 2 heterocycles. The molecular formula is C10H9ClN2OS. The Hall–Kier alpha value is -0.970. The highest BCUT2D eigenvalue weighted by molar-refractivity contribution is 7.15. The van der Waals surface area contributed by atoms with Gasteiger partial charge in [0.1, 0.15) is 10.2 Å². The van der Waals surface area contributed by atoms with Crippen molar-refractivity contribution < 1.29 is 5.11 Å². The third-order valence-electron chi connectivity index (χ3n) is 1.90. The van der Waals surface area contributed by atoms with Gasteiger partial charge in [0, 0.05) is 18.0 Å². The fourth-order valence-electron chi connectivity index (χ4n) is 1.18. The van der Waals surface area contributed by atoms with E-state index in [9.17, 15) is 5.11 Å². The maximum Gasteiger partial charge on any atom is 0.146 e. The van der Waals surface area contributed by atoms with Gasteiger partial charge in [-0.25, -0.2) is 4.98 Å². The van der Waals surface area contributed by atoms with Crippen molar-refractivity contribution in [2.45, 2.75) is 13.0 Å². The third-order valence-corrected chi connectivity index (χ3v) is 3.57. The Labute approximate surface area is 96.4 Å². The number of aliphatic hydroxyl groups is 1. The molecule has 1 atom stereocenters. The van der Waals surface area contributed by atoms with E-state index in [4.69, 9.17) is 11.6 Å². The molecule has 1 unspecified atom stereocenters. The third kappa shape index (κ3) is 2.17. The van der Waals surface area contributed by atoms with E-state index < -0.39 is 6.10 Å². The number of halogens is 1. The average molecular weight is 241 g/mol. The molecule has 0 fully saturated rings. The number of thiazole rings is 1. The molecule has 2 aromatic rings. The Balaban J connectivity index is 2.43. The summed E-state index contributed by atoms with van der Waals surface area (Å²) in [7, 11) is 0. The van der Waals surface area contributed by atoms with E-state index in [1.165, 1.54) is 11.3 Å². The van der Waals surface area contributed by atoms with Gasteiger partial charge in [-0.2, -0.15) is 0 Å². The van der Waals surface area contributed by atoms with E-state index in [2.05, 4.69) is 9.97 Å². The molecule has 0 saturated carbocycles. The molecule has 2 rings (SSSR count). The van der Waals surface area contributed by atoms with Gasteiger partial charge in [0.25, 0.3) is 0 Å². The van der Waals surface area contributed by atoms with Crippen LogP contribution in [0.15, 0.2) is 24.5 Å². The van der Waals surface area contributed by atoms with Crippen molar-refractivity contribution in [3.63, 3.8) is 0 Å². The number of aromatic nitrogens is 2. The molecule has 0 aliphatic heterocycles. The van der Waals surface area contributed by atoms with Crippen molar-refractivity contribution in [2.75, 3.05) is 0 Å². The summed E-state index contributed by atoms with van der Waals surface area (Å²) in [4.78, 5) is 8.88. The summed E-state index contributed by atoms with van der Waals surface area (Å²) < 4.78 is 0. The molecule has 0 aromatic carbocycles. The van der Waals surface area contributed by atoms with E-state index in [1.54, 1.807) is 19.3 Å². The molecule has 0 saturated heterocycles. The minimum atomic E-state index is -0.583. The summed E-state index contributed by atoms with van der Waals surface area (Å²) >= 11 is 7.30. The summed E-state index contributed by atoms with van der Waals surface area (Å²) in [5.41, 5.74) is 0.913. The van der Waals surface area contributed by atoms with Crippen LogP contribution in [0.3, 0.4) is 0 Å². The number of hydrogen-bond donors (Lipinski definition) is 1. The van der Waals surface area contributed by atoms with E-state index in [-0.39, 0.29) is 0 Å². The van der Waals surface area contributed by atoms with Gasteiger partial charge < -0.3 is 5.11 Å². The first kappa shape index (κ1) is 10.5. The Morgan fingerprint density at radius 1 is 1.53 bits per heavy atom. The lowest BCUT2D eigenvalue weighted by atomic mass is 10.3. The van der Waals surface area contributed by atoms with Crippen LogP contribution in [-0.4, -0.2) is 15.1 Å². The Morgan fingerprint density at radius 2 is 2.33 bits per heavy atom. The maximum atomic E-state index is 9.44. The second-order valence-electron chi connectivity index (χ2n) is 3.09. The number of aliphatic hydroxyl groups excluding tert-OH is 1. The lowest BCUT2D eigenvalue weighted by molar-refractivity contribution is 0.203. The quantitative estimate of drug-likeness (QED) is 0.878. The Bertz CT molecular complexity index is 456. The predicted molar refractivity (Wildman–Crippen MR) is 61.0 cm³/mol. The van der Waals surface area contributed by atoms with Crippen LogP contribution in [0.25, 0.3) is 10.6 Å². The van der Waals surface area contributed by atoms with Gasteiger partial charge in [0.15, 0.2) is 0 Å². The highest BCUT2D eigenvalue weighted by Gasteiger charge is 2.14. The molecule has 0 aliphatic rings. The smallest absolute Gasteiger partial charge is 0.146 e. The van der Waals surface area contributed by atoms with E-state index >= 15 is 0 Å². The largest absolute Gasteiger partial charge is 0.388 e. The molecule has 0 radical (unpaired) electrons. The molecule has 0 aliphatic carbocycles. The topological polar surface area (TPSA) is 46.0 Å². The predicted octanol–water partition coefficient (Wildman–Crippen LogP) is 2.91. The molecule has 0 spiro atoms. The van der Waals surface area contributed by atoms with Crippen molar-refractivity contribution >= 4 is 22.9 Å². The fourth-order valence-corrected chi connectivity index (χ4v) is 2.48. The molecule has 0 bridgehead atoms. The van der Waals surface area contributed by atoms with Gasteiger partial charge in [0.2, 0.25) is 0 Å². The highest BCUT2D eigenvalue weighted by Crippen LogP contribution is 2.34. The lowest BCUT2D eigenvalue weighted by Crippen LogP contribution is -1.85. The SMILES string of the molecule is CC(O)c1sc(-c2cccnc2)nc1Cl. The van der Waals surface area contributed by atoms with Crippen LogP contribution in [0.2, 0.25) is 5.15 Å². The minimum Gasteiger partial charge on any atom is -0.388 e. The molecule has 0 amide bonds. The second-order valence-corrected chi connectivity index (χ2v) is 4.48. The lowest BCUT2D eigenvalue weighted by Gasteiger charge is -1.97. The molecule has 5 heteroatoms. The first-order chi connectivity index (χ1) is 7.18. The highest BCUT2D eigenvalue weighted by atomic mass is 35.5. The van der Waals surface area contributed by atoms with Crippen molar-refractivity contribution in [3.8, 4) is 10.6 Å². The van der Waals surface area contributed by atoms with Crippen LogP contribution >= 0.6 is 22.9 Å². The van der Waals surface area contributed by atoms with Gasteiger partial charge in [-0.3, -0.25) is 4.98 Å². The van der Waals surface area contributed by atoms with Crippen LogP contribution < -0.4 is 0 Å². The van der Waals surface area contributed by atoms with Crippen LogP contribution in [-0.2, 0) is 0 Å². The maximum absolute atomic E-state index is 9.44. The second kappa shape index (κ2) is 4.26. The zero-order valence-electron chi connectivity index (χ0n) is 8.01. The summed E-state index contributed by atoms with van der Waals surface area (Å²) in [5, 5.41) is 10.6. The Kier molecular flexibility index (Phi) is 3.00. The zero-order chi connectivity index (χ0) is 10.8. The van der Waals surface area contributed by atoms with Crippen molar-refractivity contribution in [1.82, 2.24) is 9.97 Å². The summed E-state index contributed by atoms with van der Waals surface area (Å²) in [6.45, 7) is 1.67.